The summed E-state index contributed by atoms with van der Waals surface area (Å²) in [5.74, 6) is 0.601. The minimum Gasteiger partial charge on any atom is -0.316 e. The third kappa shape index (κ3) is 2.36. The van der Waals surface area contributed by atoms with Gasteiger partial charge >= 0.3 is 0 Å². The highest BCUT2D eigenvalue weighted by Crippen LogP contribution is 2.25. The first-order valence-corrected chi connectivity index (χ1v) is 6.31. The van der Waals surface area contributed by atoms with Crippen molar-refractivity contribution in [3.05, 3.63) is 39.3 Å². The third-order valence-electron chi connectivity index (χ3n) is 2.66. The highest BCUT2D eigenvalue weighted by molar-refractivity contribution is 6.32. The largest absolute Gasteiger partial charge is 0.316 e. The van der Waals surface area contributed by atoms with Crippen LogP contribution in [0.1, 0.15) is 17.0 Å². The molecule has 1 N–H and O–H groups in total. The zero-order valence-corrected chi connectivity index (χ0v) is 12.0. The second-order valence-corrected chi connectivity index (χ2v) is 4.86. The molecule has 0 fully saturated rings. The maximum atomic E-state index is 6.24. The summed E-state index contributed by atoms with van der Waals surface area (Å²) in [5, 5.41) is 8.60. The van der Waals surface area contributed by atoms with Crippen molar-refractivity contribution in [1.29, 1.82) is 0 Å². The lowest BCUT2D eigenvalue weighted by atomic mass is 10.3. The van der Waals surface area contributed by atoms with E-state index < -0.39 is 0 Å². The van der Waals surface area contributed by atoms with Gasteiger partial charge in [0.15, 0.2) is 5.82 Å². The van der Waals surface area contributed by atoms with Crippen LogP contribution in [-0.4, -0.2) is 21.8 Å². The maximum absolute atomic E-state index is 6.24. The van der Waals surface area contributed by atoms with Crippen molar-refractivity contribution in [2.75, 3.05) is 7.05 Å². The first kappa shape index (κ1) is 13.3. The molecule has 0 bridgehead atoms. The predicted octanol–water partition coefficient (Wildman–Crippen LogP) is 2.91. The number of halogens is 2. The Morgan fingerprint density at radius 3 is 2.56 bits per heavy atom. The van der Waals surface area contributed by atoms with Crippen LogP contribution in [0.4, 0.5) is 0 Å². The van der Waals surface area contributed by atoms with Crippen LogP contribution in [0, 0.1) is 13.8 Å². The number of hydrogen-bond donors (Lipinski definition) is 1. The standard InChI is InChI=1S/C12H14Cl2N4/c1-7-11(14)8(2)18(17-7)12-10(13)4-9(5-15-3)6-16-12/h4,6,15H,5H2,1-3H3. The van der Waals surface area contributed by atoms with E-state index in [1.165, 1.54) is 0 Å². The van der Waals surface area contributed by atoms with Crippen LogP contribution in [0.25, 0.3) is 5.82 Å². The molecule has 4 nitrogen and oxygen atoms in total. The molecule has 0 aliphatic rings. The number of hydrogen-bond acceptors (Lipinski definition) is 3. The molecule has 0 unspecified atom stereocenters. The Morgan fingerprint density at radius 2 is 2.06 bits per heavy atom. The minimum atomic E-state index is 0.560. The molecule has 0 saturated heterocycles. The van der Waals surface area contributed by atoms with Crippen LogP contribution < -0.4 is 5.32 Å². The van der Waals surface area contributed by atoms with Crippen molar-refractivity contribution >= 4 is 23.2 Å². The smallest absolute Gasteiger partial charge is 0.172 e. The van der Waals surface area contributed by atoms with Crippen LogP contribution in [0.15, 0.2) is 12.3 Å². The molecule has 0 aliphatic carbocycles. The SMILES string of the molecule is CNCc1cnc(-n2nc(C)c(Cl)c2C)c(Cl)c1. The van der Waals surface area contributed by atoms with Crippen molar-refractivity contribution in [3.63, 3.8) is 0 Å². The van der Waals surface area contributed by atoms with E-state index in [1.807, 2.05) is 27.0 Å². The Balaban J connectivity index is 2.48. The summed E-state index contributed by atoms with van der Waals surface area (Å²) in [7, 11) is 1.88. The molecule has 2 aromatic rings. The molecule has 18 heavy (non-hydrogen) atoms. The van der Waals surface area contributed by atoms with E-state index in [2.05, 4.69) is 15.4 Å². The normalized spacial score (nSPS) is 10.9. The molecule has 6 heteroatoms. The van der Waals surface area contributed by atoms with Gasteiger partial charge in [-0.1, -0.05) is 23.2 Å². The lowest BCUT2D eigenvalue weighted by Crippen LogP contribution is -2.08. The van der Waals surface area contributed by atoms with Gasteiger partial charge < -0.3 is 5.32 Å². The van der Waals surface area contributed by atoms with Crippen molar-refractivity contribution in [2.45, 2.75) is 20.4 Å². The fourth-order valence-corrected chi connectivity index (χ4v) is 2.14. The van der Waals surface area contributed by atoms with Crippen molar-refractivity contribution in [3.8, 4) is 5.82 Å². The first-order valence-electron chi connectivity index (χ1n) is 5.55. The Morgan fingerprint density at radius 1 is 1.33 bits per heavy atom. The van der Waals surface area contributed by atoms with Gasteiger partial charge in [0.25, 0.3) is 0 Å². The molecule has 96 valence electrons. The number of nitrogens with one attached hydrogen (secondary N) is 1. The summed E-state index contributed by atoms with van der Waals surface area (Å²) in [5.41, 5.74) is 2.63. The van der Waals surface area contributed by atoms with Gasteiger partial charge in [0.05, 0.1) is 21.4 Å². The number of nitrogens with zero attached hydrogens (tertiary/aromatic N) is 3. The van der Waals surface area contributed by atoms with Crippen molar-refractivity contribution < 1.29 is 0 Å². The zero-order chi connectivity index (χ0) is 13.3. The zero-order valence-electron chi connectivity index (χ0n) is 10.5. The summed E-state index contributed by atoms with van der Waals surface area (Å²) in [6, 6.07) is 1.88. The number of aryl methyl sites for hydroxylation is 1. The molecule has 2 rings (SSSR count). The molecule has 0 radical (unpaired) electrons. The Kier molecular flexibility index (Phi) is 3.90. The topological polar surface area (TPSA) is 42.7 Å². The van der Waals surface area contributed by atoms with Gasteiger partial charge in [-0.25, -0.2) is 9.67 Å². The van der Waals surface area contributed by atoms with Gasteiger partial charge in [-0.15, -0.1) is 0 Å². The van der Waals surface area contributed by atoms with Gasteiger partial charge in [0, 0.05) is 12.7 Å². The van der Waals surface area contributed by atoms with Crippen LogP contribution in [0.3, 0.4) is 0 Å². The fraction of sp³-hybridized carbons (Fsp3) is 0.333. The average molecular weight is 285 g/mol. The molecular formula is C12H14Cl2N4. The molecule has 2 heterocycles. The fourth-order valence-electron chi connectivity index (χ4n) is 1.76. The minimum absolute atomic E-state index is 0.560. The molecule has 0 atom stereocenters. The van der Waals surface area contributed by atoms with E-state index in [4.69, 9.17) is 23.2 Å². The van der Waals surface area contributed by atoms with E-state index >= 15 is 0 Å². The average Bonchev–Trinajstić information content (AvgIpc) is 2.58. The maximum Gasteiger partial charge on any atom is 0.172 e. The Hall–Kier alpha value is -1.10. The Labute approximate surface area is 116 Å². The van der Waals surface area contributed by atoms with Gasteiger partial charge in [-0.3, -0.25) is 0 Å². The monoisotopic (exact) mass is 284 g/mol. The summed E-state index contributed by atoms with van der Waals surface area (Å²) in [4.78, 5) is 4.35. The van der Waals surface area contributed by atoms with Crippen molar-refractivity contribution in [1.82, 2.24) is 20.1 Å². The molecule has 0 amide bonds. The summed E-state index contributed by atoms with van der Waals surface area (Å²) < 4.78 is 1.67. The van der Waals surface area contributed by atoms with Crippen LogP contribution in [-0.2, 0) is 6.54 Å². The highest BCUT2D eigenvalue weighted by Gasteiger charge is 2.14. The van der Waals surface area contributed by atoms with E-state index in [0.717, 1.165) is 23.5 Å². The quantitative estimate of drug-likeness (QED) is 0.943. The van der Waals surface area contributed by atoms with E-state index in [0.29, 0.717) is 15.9 Å². The number of aromatic nitrogens is 3. The van der Waals surface area contributed by atoms with E-state index in [9.17, 15) is 0 Å². The second kappa shape index (κ2) is 5.26. The summed E-state index contributed by atoms with van der Waals surface area (Å²) >= 11 is 12.4. The lowest BCUT2D eigenvalue weighted by molar-refractivity contribution is 0.788. The van der Waals surface area contributed by atoms with Gasteiger partial charge in [-0.05, 0) is 32.5 Å². The van der Waals surface area contributed by atoms with Crippen LogP contribution >= 0.6 is 23.2 Å². The van der Waals surface area contributed by atoms with Gasteiger partial charge in [0.1, 0.15) is 0 Å². The number of pyridine rings is 1. The molecular weight excluding hydrogens is 271 g/mol. The highest BCUT2D eigenvalue weighted by atomic mass is 35.5. The van der Waals surface area contributed by atoms with Crippen LogP contribution in [0.5, 0.6) is 0 Å². The molecule has 0 aromatic carbocycles. The molecule has 0 aliphatic heterocycles. The van der Waals surface area contributed by atoms with Crippen LogP contribution in [0.2, 0.25) is 10.0 Å². The molecule has 0 spiro atoms. The predicted molar refractivity (Wildman–Crippen MR) is 73.6 cm³/mol. The molecule has 2 aromatic heterocycles. The number of rotatable bonds is 3. The van der Waals surface area contributed by atoms with Gasteiger partial charge in [0.2, 0.25) is 0 Å². The van der Waals surface area contributed by atoms with E-state index in [1.54, 1.807) is 10.9 Å². The first-order chi connectivity index (χ1) is 8.54. The Bertz CT molecular complexity index is 578. The van der Waals surface area contributed by atoms with Crippen molar-refractivity contribution in [2.24, 2.45) is 0 Å². The van der Waals surface area contributed by atoms with Gasteiger partial charge in [-0.2, -0.15) is 5.10 Å². The summed E-state index contributed by atoms with van der Waals surface area (Å²) in [6.45, 7) is 4.47. The lowest BCUT2D eigenvalue weighted by Gasteiger charge is -2.07. The summed E-state index contributed by atoms with van der Waals surface area (Å²) in [6.07, 6.45) is 1.78. The second-order valence-electron chi connectivity index (χ2n) is 4.08. The van der Waals surface area contributed by atoms with E-state index in [-0.39, 0.29) is 0 Å². The molecule has 0 saturated carbocycles. The third-order valence-corrected chi connectivity index (χ3v) is 3.49.